The Kier molecular flexibility index (Phi) is 6.16. The highest BCUT2D eigenvalue weighted by Gasteiger charge is 2.33. The van der Waals surface area contributed by atoms with Gasteiger partial charge in [0.05, 0.1) is 22.8 Å². The van der Waals surface area contributed by atoms with Gasteiger partial charge in [-0.25, -0.2) is 4.79 Å². The fraction of sp³-hybridized carbons (Fsp3) is 0.125. The Morgan fingerprint density at radius 3 is 2.59 bits per heavy atom. The molecular weight excluding hydrogens is 446 g/mol. The van der Waals surface area contributed by atoms with Crippen molar-refractivity contribution in [3.63, 3.8) is 0 Å². The van der Waals surface area contributed by atoms with Crippen LogP contribution in [0.2, 0.25) is 0 Å². The van der Waals surface area contributed by atoms with Crippen LogP contribution in [0, 0.1) is 6.92 Å². The summed E-state index contributed by atoms with van der Waals surface area (Å²) in [7, 11) is 0. The van der Waals surface area contributed by atoms with Crippen LogP contribution < -0.4 is 9.64 Å². The number of carboxylic acid groups (broad SMARTS) is 1. The Morgan fingerprint density at radius 2 is 1.94 bits per heavy atom. The van der Waals surface area contributed by atoms with Crippen LogP contribution in [0.4, 0.5) is 5.69 Å². The summed E-state index contributed by atoms with van der Waals surface area (Å²) in [6.07, 6.45) is 1.66. The molecule has 1 N–H and O–H groups in total. The molecule has 3 aromatic rings. The minimum Gasteiger partial charge on any atom is -0.494 e. The van der Waals surface area contributed by atoms with Gasteiger partial charge in [-0.3, -0.25) is 9.69 Å². The van der Waals surface area contributed by atoms with E-state index < -0.39 is 5.97 Å². The van der Waals surface area contributed by atoms with Crippen molar-refractivity contribution in [1.29, 1.82) is 0 Å². The number of furan rings is 1. The predicted molar refractivity (Wildman–Crippen MR) is 129 cm³/mol. The summed E-state index contributed by atoms with van der Waals surface area (Å²) in [4.78, 5) is 26.1. The molecule has 1 amide bonds. The van der Waals surface area contributed by atoms with Crippen LogP contribution >= 0.6 is 24.0 Å². The molecule has 162 valence electrons. The van der Waals surface area contributed by atoms with Gasteiger partial charge in [0.1, 0.15) is 17.3 Å². The van der Waals surface area contributed by atoms with E-state index in [-0.39, 0.29) is 11.5 Å². The number of thioether (sulfide) groups is 1. The number of amides is 1. The highest BCUT2D eigenvalue weighted by Crippen LogP contribution is 2.37. The average Bonchev–Trinajstić information content (AvgIpc) is 3.33. The van der Waals surface area contributed by atoms with Crippen molar-refractivity contribution in [2.75, 3.05) is 11.5 Å². The molecule has 1 saturated heterocycles. The number of carbonyl (C=O) groups excluding carboxylic acids is 1. The van der Waals surface area contributed by atoms with E-state index in [9.17, 15) is 9.59 Å². The summed E-state index contributed by atoms with van der Waals surface area (Å²) in [6.45, 7) is 4.30. The lowest BCUT2D eigenvalue weighted by atomic mass is 10.0. The Morgan fingerprint density at radius 1 is 1.19 bits per heavy atom. The molecule has 0 radical (unpaired) electrons. The second-order valence-corrected chi connectivity index (χ2v) is 8.66. The van der Waals surface area contributed by atoms with Gasteiger partial charge < -0.3 is 14.3 Å². The topological polar surface area (TPSA) is 80.0 Å². The molecule has 0 atom stereocenters. The molecule has 2 heterocycles. The first-order valence-corrected chi connectivity index (χ1v) is 11.0. The number of rotatable bonds is 6. The van der Waals surface area contributed by atoms with Gasteiger partial charge in [-0.2, -0.15) is 0 Å². The third-order valence-electron chi connectivity index (χ3n) is 4.84. The Balaban J connectivity index is 1.56. The summed E-state index contributed by atoms with van der Waals surface area (Å²) in [5.74, 6) is 0.632. The van der Waals surface area contributed by atoms with Gasteiger partial charge in [-0.15, -0.1) is 0 Å². The molecule has 1 fully saturated rings. The molecule has 0 aliphatic carbocycles. The maximum atomic E-state index is 13.0. The molecule has 0 bridgehead atoms. The Labute approximate surface area is 194 Å². The van der Waals surface area contributed by atoms with E-state index in [0.717, 1.165) is 16.9 Å². The fourth-order valence-corrected chi connectivity index (χ4v) is 4.61. The average molecular weight is 466 g/mol. The zero-order valence-electron chi connectivity index (χ0n) is 17.3. The SMILES string of the molecule is CCOc1ccc(N2C(=O)/C(=C/c3ccc(-c4ccc(C(=O)O)cc4C)o3)SC2=S)cc1. The second kappa shape index (κ2) is 9.02. The van der Waals surface area contributed by atoms with Gasteiger partial charge in [-0.1, -0.05) is 30.0 Å². The van der Waals surface area contributed by atoms with Crippen molar-refractivity contribution in [3.8, 4) is 17.1 Å². The molecule has 32 heavy (non-hydrogen) atoms. The molecular formula is C24H19NO5S2. The molecule has 1 aliphatic rings. The maximum absolute atomic E-state index is 13.0. The van der Waals surface area contributed by atoms with Crippen molar-refractivity contribution in [3.05, 3.63) is 76.4 Å². The van der Waals surface area contributed by atoms with E-state index in [4.69, 9.17) is 26.5 Å². The molecule has 4 rings (SSSR count). The van der Waals surface area contributed by atoms with Crippen molar-refractivity contribution < 1.29 is 23.8 Å². The summed E-state index contributed by atoms with van der Waals surface area (Å²) in [5.41, 5.74) is 2.47. The number of hydrogen-bond acceptors (Lipinski definition) is 6. The summed E-state index contributed by atoms with van der Waals surface area (Å²) >= 11 is 6.64. The molecule has 1 aromatic heterocycles. The lowest BCUT2D eigenvalue weighted by Gasteiger charge is -2.15. The Bertz CT molecular complexity index is 1240. The number of anilines is 1. The van der Waals surface area contributed by atoms with Crippen LogP contribution in [0.5, 0.6) is 5.75 Å². The van der Waals surface area contributed by atoms with Crippen LogP contribution in [0.3, 0.4) is 0 Å². The molecule has 0 unspecified atom stereocenters. The van der Waals surface area contributed by atoms with Crippen LogP contribution in [0.15, 0.2) is 63.9 Å². The first-order chi connectivity index (χ1) is 15.4. The number of ether oxygens (including phenoxy) is 1. The van der Waals surface area contributed by atoms with Crippen LogP contribution in [-0.2, 0) is 4.79 Å². The van der Waals surface area contributed by atoms with Gasteiger partial charge in [0.2, 0.25) is 0 Å². The van der Waals surface area contributed by atoms with E-state index in [1.165, 1.54) is 22.7 Å². The third kappa shape index (κ3) is 4.32. The van der Waals surface area contributed by atoms with Gasteiger partial charge in [0.25, 0.3) is 5.91 Å². The smallest absolute Gasteiger partial charge is 0.335 e. The van der Waals surface area contributed by atoms with Crippen LogP contribution in [-0.4, -0.2) is 27.9 Å². The summed E-state index contributed by atoms with van der Waals surface area (Å²) in [5, 5.41) is 9.14. The quantitative estimate of drug-likeness (QED) is 0.366. The summed E-state index contributed by atoms with van der Waals surface area (Å²) in [6, 6.07) is 15.6. The van der Waals surface area contributed by atoms with Crippen molar-refractivity contribution >= 4 is 51.9 Å². The molecule has 2 aromatic carbocycles. The highest BCUT2D eigenvalue weighted by atomic mass is 32.2. The molecule has 6 nitrogen and oxygen atoms in total. The lowest BCUT2D eigenvalue weighted by molar-refractivity contribution is -0.113. The number of hydrogen-bond donors (Lipinski definition) is 1. The van der Waals surface area contributed by atoms with Gasteiger partial charge in [0.15, 0.2) is 4.32 Å². The van der Waals surface area contributed by atoms with Gasteiger partial charge in [-0.05, 0) is 67.9 Å². The maximum Gasteiger partial charge on any atom is 0.335 e. The van der Waals surface area contributed by atoms with E-state index in [1.54, 1.807) is 54.6 Å². The third-order valence-corrected chi connectivity index (χ3v) is 6.14. The Hall–Kier alpha value is -3.36. The minimum atomic E-state index is -0.977. The molecule has 0 spiro atoms. The first-order valence-electron chi connectivity index (χ1n) is 9.82. The van der Waals surface area contributed by atoms with Crippen molar-refractivity contribution in [1.82, 2.24) is 0 Å². The number of thiocarbonyl (C=S) groups is 1. The first kappa shape index (κ1) is 21.9. The molecule has 0 saturated carbocycles. The fourth-order valence-electron chi connectivity index (χ4n) is 3.33. The van der Waals surface area contributed by atoms with Crippen LogP contribution in [0.25, 0.3) is 17.4 Å². The zero-order valence-corrected chi connectivity index (χ0v) is 19.0. The molecule has 1 aliphatic heterocycles. The van der Waals surface area contributed by atoms with Crippen LogP contribution in [0.1, 0.15) is 28.6 Å². The predicted octanol–water partition coefficient (Wildman–Crippen LogP) is 5.76. The lowest BCUT2D eigenvalue weighted by Crippen LogP contribution is -2.27. The number of aromatic carboxylic acids is 1. The minimum absolute atomic E-state index is 0.218. The highest BCUT2D eigenvalue weighted by molar-refractivity contribution is 8.27. The zero-order chi connectivity index (χ0) is 22.8. The monoisotopic (exact) mass is 465 g/mol. The van der Waals surface area contributed by atoms with E-state index >= 15 is 0 Å². The van der Waals surface area contributed by atoms with Gasteiger partial charge >= 0.3 is 5.97 Å². The number of benzene rings is 2. The number of carboxylic acids is 1. The number of carbonyl (C=O) groups is 2. The number of nitrogens with zero attached hydrogens (tertiary/aromatic N) is 1. The molecule has 8 heteroatoms. The normalized spacial score (nSPS) is 14.9. The van der Waals surface area contributed by atoms with Gasteiger partial charge in [0, 0.05) is 11.6 Å². The van der Waals surface area contributed by atoms with E-state index in [0.29, 0.717) is 33.0 Å². The largest absolute Gasteiger partial charge is 0.494 e. The summed E-state index contributed by atoms with van der Waals surface area (Å²) < 4.78 is 11.8. The van der Waals surface area contributed by atoms with Crippen molar-refractivity contribution in [2.24, 2.45) is 0 Å². The second-order valence-electron chi connectivity index (χ2n) is 6.98. The standard InChI is InChI=1S/C24H19NO5S2/c1-3-29-17-7-5-16(6-8-17)25-22(26)21(32-24(25)31)13-18-9-11-20(30-18)19-10-4-15(23(27)28)12-14(19)2/h4-13H,3H2,1-2H3,(H,27,28)/b21-13-. The van der Waals surface area contributed by atoms with Crippen molar-refractivity contribution in [2.45, 2.75) is 13.8 Å². The number of aryl methyl sites for hydroxylation is 1. The van der Waals surface area contributed by atoms with E-state index in [2.05, 4.69) is 0 Å². The van der Waals surface area contributed by atoms with E-state index in [1.807, 2.05) is 13.8 Å².